The largest absolute Gasteiger partial charge is 0.462 e. The van der Waals surface area contributed by atoms with Crippen molar-refractivity contribution in [2.45, 2.75) is 290 Å². The minimum Gasteiger partial charge on any atom is -0.462 e. The average Bonchev–Trinajstić information content (AvgIpc) is 3.29. The zero-order valence-corrected chi connectivity index (χ0v) is 42.6. The Morgan fingerprint density at radius 2 is 0.609 bits per heavy atom. The molecule has 0 aromatic carbocycles. The molecule has 0 bridgehead atoms. The highest BCUT2D eigenvalue weighted by Crippen LogP contribution is 2.16. The van der Waals surface area contributed by atoms with Crippen LogP contribution >= 0.6 is 0 Å². The predicted molar refractivity (Wildman–Crippen MR) is 275 cm³/mol. The van der Waals surface area contributed by atoms with Gasteiger partial charge in [0.05, 0.1) is 0 Å². The number of ether oxygens (including phenoxy) is 3. The van der Waals surface area contributed by atoms with Crippen LogP contribution in [0.4, 0.5) is 0 Å². The minimum atomic E-state index is -0.787. The lowest BCUT2D eigenvalue weighted by molar-refractivity contribution is -0.167. The molecule has 0 N–H and O–H groups in total. The third kappa shape index (κ3) is 50.4. The van der Waals surface area contributed by atoms with E-state index in [0.717, 1.165) is 77.0 Å². The Kier molecular flexibility index (Phi) is 50.8. The second kappa shape index (κ2) is 53.0. The molecule has 0 spiro atoms. The zero-order chi connectivity index (χ0) is 46.5. The second-order valence-corrected chi connectivity index (χ2v) is 18.5. The van der Waals surface area contributed by atoms with Gasteiger partial charge in [0, 0.05) is 19.3 Å². The Morgan fingerprint density at radius 1 is 0.328 bits per heavy atom. The van der Waals surface area contributed by atoms with Gasteiger partial charge in [-0.3, -0.25) is 14.4 Å². The van der Waals surface area contributed by atoms with E-state index in [-0.39, 0.29) is 31.1 Å². The Labute approximate surface area is 397 Å². The molecular formula is C58H104O6. The third-order valence-corrected chi connectivity index (χ3v) is 12.1. The van der Waals surface area contributed by atoms with Gasteiger partial charge in [0.15, 0.2) is 6.10 Å². The van der Waals surface area contributed by atoms with Crippen molar-refractivity contribution in [2.75, 3.05) is 13.2 Å². The first kappa shape index (κ1) is 61.4. The summed E-state index contributed by atoms with van der Waals surface area (Å²) in [6, 6.07) is 0. The highest BCUT2D eigenvalue weighted by atomic mass is 16.6. The summed E-state index contributed by atoms with van der Waals surface area (Å²) in [5.41, 5.74) is 0. The second-order valence-electron chi connectivity index (χ2n) is 18.5. The number of rotatable bonds is 50. The molecule has 0 amide bonds. The molecule has 6 heteroatoms. The molecule has 0 saturated carbocycles. The molecule has 64 heavy (non-hydrogen) atoms. The normalized spacial score (nSPS) is 12.4. The minimum absolute atomic E-state index is 0.0849. The molecule has 0 aromatic rings. The van der Waals surface area contributed by atoms with E-state index >= 15 is 0 Å². The van der Waals surface area contributed by atoms with Gasteiger partial charge in [0.25, 0.3) is 0 Å². The molecule has 0 radical (unpaired) electrons. The lowest BCUT2D eigenvalue weighted by atomic mass is 10.0. The van der Waals surface area contributed by atoms with Gasteiger partial charge in [0.1, 0.15) is 13.2 Å². The zero-order valence-electron chi connectivity index (χ0n) is 42.6. The van der Waals surface area contributed by atoms with Gasteiger partial charge >= 0.3 is 17.9 Å². The molecule has 1 atom stereocenters. The van der Waals surface area contributed by atoms with Gasteiger partial charge in [-0.05, 0) is 77.0 Å². The molecular weight excluding hydrogens is 793 g/mol. The summed E-state index contributed by atoms with van der Waals surface area (Å²) in [7, 11) is 0. The number of hydrogen-bond donors (Lipinski definition) is 0. The smallest absolute Gasteiger partial charge is 0.306 e. The maximum absolute atomic E-state index is 12.8. The Balaban J connectivity index is 4.36. The van der Waals surface area contributed by atoms with Crippen molar-refractivity contribution in [3.63, 3.8) is 0 Å². The highest BCUT2D eigenvalue weighted by Gasteiger charge is 2.19. The SMILES string of the molecule is CC/C=C\C/C=C\C/C=C\CCCCC(=O)OCC(COC(=O)CCCCCCCCC/C=C\CCCCCCCC)OC(=O)CCCCCCCCCCCCCCCCCCC. The fourth-order valence-electron chi connectivity index (χ4n) is 7.92. The summed E-state index contributed by atoms with van der Waals surface area (Å²) in [6.07, 6.45) is 63.9. The maximum Gasteiger partial charge on any atom is 0.306 e. The van der Waals surface area contributed by atoms with Crippen molar-refractivity contribution in [1.29, 1.82) is 0 Å². The first-order valence-corrected chi connectivity index (χ1v) is 27.6. The van der Waals surface area contributed by atoms with Crippen molar-refractivity contribution in [3.8, 4) is 0 Å². The van der Waals surface area contributed by atoms with Crippen LogP contribution in [-0.4, -0.2) is 37.2 Å². The fraction of sp³-hybridized carbons (Fsp3) is 0.810. The van der Waals surface area contributed by atoms with Crippen LogP contribution in [0.15, 0.2) is 48.6 Å². The van der Waals surface area contributed by atoms with E-state index < -0.39 is 6.10 Å². The molecule has 1 unspecified atom stereocenters. The van der Waals surface area contributed by atoms with Crippen molar-refractivity contribution < 1.29 is 28.6 Å². The summed E-state index contributed by atoms with van der Waals surface area (Å²) in [4.78, 5) is 38.0. The molecule has 0 fully saturated rings. The maximum atomic E-state index is 12.8. The van der Waals surface area contributed by atoms with Crippen molar-refractivity contribution in [3.05, 3.63) is 48.6 Å². The van der Waals surface area contributed by atoms with Crippen LogP contribution in [0.25, 0.3) is 0 Å². The summed E-state index contributed by atoms with van der Waals surface area (Å²) in [5.74, 6) is -0.918. The highest BCUT2D eigenvalue weighted by molar-refractivity contribution is 5.71. The van der Waals surface area contributed by atoms with Crippen LogP contribution in [0.1, 0.15) is 284 Å². The van der Waals surface area contributed by atoms with Gasteiger partial charge in [-0.1, -0.05) is 236 Å². The number of carbonyl (C=O) groups is 3. The van der Waals surface area contributed by atoms with E-state index in [1.807, 2.05) is 0 Å². The van der Waals surface area contributed by atoms with Crippen LogP contribution in [-0.2, 0) is 28.6 Å². The van der Waals surface area contributed by atoms with Crippen molar-refractivity contribution in [1.82, 2.24) is 0 Å². The van der Waals surface area contributed by atoms with Crippen LogP contribution in [0.2, 0.25) is 0 Å². The Hall–Kier alpha value is -2.63. The van der Waals surface area contributed by atoms with Crippen molar-refractivity contribution in [2.24, 2.45) is 0 Å². The molecule has 372 valence electrons. The Bertz CT molecular complexity index is 1120. The first-order chi connectivity index (χ1) is 31.5. The van der Waals surface area contributed by atoms with Crippen LogP contribution < -0.4 is 0 Å². The summed E-state index contributed by atoms with van der Waals surface area (Å²) in [6.45, 7) is 6.51. The molecule has 0 aromatic heterocycles. The predicted octanol–water partition coefficient (Wildman–Crippen LogP) is 18.3. The first-order valence-electron chi connectivity index (χ1n) is 27.6. The van der Waals surface area contributed by atoms with Gasteiger partial charge in [-0.15, -0.1) is 0 Å². The van der Waals surface area contributed by atoms with Crippen LogP contribution in [0.3, 0.4) is 0 Å². The third-order valence-electron chi connectivity index (χ3n) is 12.1. The number of esters is 3. The quantitative estimate of drug-likeness (QED) is 0.0262. The fourth-order valence-corrected chi connectivity index (χ4v) is 7.92. The van der Waals surface area contributed by atoms with E-state index in [9.17, 15) is 14.4 Å². The van der Waals surface area contributed by atoms with Gasteiger partial charge in [0.2, 0.25) is 0 Å². The van der Waals surface area contributed by atoms with E-state index in [0.29, 0.717) is 19.3 Å². The van der Waals surface area contributed by atoms with E-state index in [2.05, 4.69) is 69.4 Å². The number of unbranched alkanes of at least 4 members (excludes halogenated alkanes) is 31. The van der Waals surface area contributed by atoms with E-state index in [1.165, 1.54) is 167 Å². The molecule has 0 aliphatic rings. The lowest BCUT2D eigenvalue weighted by Gasteiger charge is -2.18. The number of hydrogen-bond acceptors (Lipinski definition) is 6. The monoisotopic (exact) mass is 897 g/mol. The van der Waals surface area contributed by atoms with Crippen LogP contribution in [0, 0.1) is 0 Å². The molecule has 0 aliphatic carbocycles. The number of carbonyl (C=O) groups excluding carboxylic acids is 3. The van der Waals surface area contributed by atoms with Crippen LogP contribution in [0.5, 0.6) is 0 Å². The van der Waals surface area contributed by atoms with Gasteiger partial charge in [-0.2, -0.15) is 0 Å². The molecule has 0 saturated heterocycles. The van der Waals surface area contributed by atoms with E-state index in [4.69, 9.17) is 14.2 Å². The molecule has 0 rings (SSSR count). The van der Waals surface area contributed by atoms with Crippen molar-refractivity contribution >= 4 is 17.9 Å². The molecule has 6 nitrogen and oxygen atoms in total. The molecule has 0 heterocycles. The number of allylic oxidation sites excluding steroid dienone is 8. The van der Waals surface area contributed by atoms with E-state index in [1.54, 1.807) is 0 Å². The Morgan fingerprint density at radius 3 is 1.00 bits per heavy atom. The standard InChI is InChI=1S/C58H104O6/c1-4-7-10-13-16-19-22-25-27-29-31-33-36-39-42-45-48-51-57(60)63-54-55(53-62-56(59)50-47-44-41-38-35-24-21-18-15-12-9-6-3)64-58(61)52-49-46-43-40-37-34-32-30-28-26-23-20-17-14-11-8-5-2/h9,12,18,21,25,27,35,38,55H,4-8,10-11,13-17,19-20,22-24,26,28-34,36-37,39-54H2,1-3H3/b12-9-,21-18-,27-25-,38-35-. The van der Waals surface area contributed by atoms with Gasteiger partial charge in [-0.25, -0.2) is 0 Å². The average molecular weight is 897 g/mol. The topological polar surface area (TPSA) is 78.9 Å². The van der Waals surface area contributed by atoms with Gasteiger partial charge < -0.3 is 14.2 Å². The molecule has 0 aliphatic heterocycles. The summed E-state index contributed by atoms with van der Waals surface area (Å²) < 4.78 is 16.8. The summed E-state index contributed by atoms with van der Waals surface area (Å²) in [5, 5.41) is 0. The lowest BCUT2D eigenvalue weighted by Crippen LogP contribution is -2.30. The summed E-state index contributed by atoms with van der Waals surface area (Å²) >= 11 is 0.